The summed E-state index contributed by atoms with van der Waals surface area (Å²) in [4.78, 5) is 11.3. The molecule has 3 nitrogen and oxygen atoms in total. The smallest absolute Gasteiger partial charge is 0.224 e. The summed E-state index contributed by atoms with van der Waals surface area (Å²) in [5.74, 6) is 0.796. The van der Waals surface area contributed by atoms with Crippen molar-refractivity contribution in [3.8, 4) is 0 Å². The first-order valence-electron chi connectivity index (χ1n) is 7.75. The maximum atomic E-state index is 11.3. The lowest BCUT2D eigenvalue weighted by Gasteiger charge is -2.21. The van der Waals surface area contributed by atoms with Crippen LogP contribution in [0, 0.1) is 5.92 Å². The first-order chi connectivity index (χ1) is 9.58. The van der Waals surface area contributed by atoms with Crippen molar-refractivity contribution in [1.29, 1.82) is 0 Å². The van der Waals surface area contributed by atoms with Crippen molar-refractivity contribution in [2.75, 3.05) is 10.6 Å². The van der Waals surface area contributed by atoms with Crippen LogP contribution in [0.4, 0.5) is 11.4 Å². The van der Waals surface area contributed by atoms with Crippen LogP contribution in [0.2, 0.25) is 0 Å². The fraction of sp³-hybridized carbons (Fsp3) is 0.588. The average Bonchev–Trinajstić information content (AvgIpc) is 2.48. The molecule has 0 fully saturated rings. The molecule has 0 bridgehead atoms. The Hall–Kier alpha value is -1.51. The molecule has 0 aliphatic rings. The molecule has 0 spiro atoms. The van der Waals surface area contributed by atoms with Crippen LogP contribution in [0.15, 0.2) is 24.3 Å². The summed E-state index contributed by atoms with van der Waals surface area (Å²) >= 11 is 0. The summed E-state index contributed by atoms with van der Waals surface area (Å²) in [6, 6.07) is 8.48. The van der Waals surface area contributed by atoms with Gasteiger partial charge in [-0.05, 0) is 43.0 Å². The lowest BCUT2D eigenvalue weighted by molar-refractivity contribution is -0.115. The molecule has 1 rings (SSSR count). The Morgan fingerprint density at radius 1 is 1.05 bits per heavy atom. The summed E-state index contributed by atoms with van der Waals surface area (Å²) in [5.41, 5.74) is 1.98. The Bertz CT molecular complexity index is 400. The molecule has 2 atom stereocenters. The predicted octanol–water partition coefficient (Wildman–Crippen LogP) is 4.66. The van der Waals surface area contributed by atoms with Gasteiger partial charge >= 0.3 is 0 Å². The second-order valence-electron chi connectivity index (χ2n) is 5.48. The zero-order valence-corrected chi connectivity index (χ0v) is 13.2. The van der Waals surface area contributed by atoms with Gasteiger partial charge in [-0.15, -0.1) is 0 Å². The molecule has 0 aliphatic heterocycles. The molecule has 0 aliphatic carbocycles. The zero-order chi connectivity index (χ0) is 15.0. The van der Waals surface area contributed by atoms with Crippen molar-refractivity contribution in [2.45, 2.75) is 59.4 Å². The van der Waals surface area contributed by atoms with Gasteiger partial charge in [0, 0.05) is 23.8 Å². The molecule has 2 unspecified atom stereocenters. The minimum absolute atomic E-state index is 0.0499. The molecular formula is C17H28N2O. The van der Waals surface area contributed by atoms with Gasteiger partial charge in [0.05, 0.1) is 0 Å². The third kappa shape index (κ3) is 5.64. The molecule has 20 heavy (non-hydrogen) atoms. The van der Waals surface area contributed by atoms with E-state index in [0.29, 0.717) is 12.5 Å². The van der Waals surface area contributed by atoms with Gasteiger partial charge in [-0.3, -0.25) is 4.79 Å². The molecule has 112 valence electrons. The number of nitrogens with one attached hydrogen (secondary N) is 2. The molecule has 0 aromatic heterocycles. The van der Waals surface area contributed by atoms with Crippen LogP contribution in [0.25, 0.3) is 0 Å². The molecule has 3 heteroatoms. The molecule has 0 radical (unpaired) electrons. The van der Waals surface area contributed by atoms with Crippen LogP contribution in [0.5, 0.6) is 0 Å². The minimum Gasteiger partial charge on any atom is -0.382 e. The van der Waals surface area contributed by atoms with Gasteiger partial charge in [-0.1, -0.05) is 34.1 Å². The van der Waals surface area contributed by atoms with Crippen LogP contribution in [0.3, 0.4) is 0 Å². The van der Waals surface area contributed by atoms with Gasteiger partial charge in [-0.25, -0.2) is 0 Å². The van der Waals surface area contributed by atoms with Crippen LogP contribution < -0.4 is 10.6 Å². The number of hydrogen-bond donors (Lipinski definition) is 2. The van der Waals surface area contributed by atoms with Gasteiger partial charge in [0.1, 0.15) is 0 Å². The van der Waals surface area contributed by atoms with Crippen LogP contribution >= 0.6 is 0 Å². The number of hydrogen-bond acceptors (Lipinski definition) is 2. The van der Waals surface area contributed by atoms with Crippen molar-refractivity contribution >= 4 is 17.3 Å². The van der Waals surface area contributed by atoms with Gasteiger partial charge in [0.25, 0.3) is 0 Å². The number of rotatable bonds is 8. The van der Waals surface area contributed by atoms with Crippen molar-refractivity contribution in [3.63, 3.8) is 0 Å². The first-order valence-corrected chi connectivity index (χ1v) is 7.75. The Morgan fingerprint density at radius 3 is 2.15 bits per heavy atom. The second kappa shape index (κ2) is 8.62. The van der Waals surface area contributed by atoms with Gasteiger partial charge in [0.15, 0.2) is 0 Å². The SMILES string of the molecule is CCC(=O)Nc1ccc(NC(CC)CC(C)CC)cc1. The van der Waals surface area contributed by atoms with E-state index < -0.39 is 0 Å². The van der Waals surface area contributed by atoms with E-state index in [0.717, 1.165) is 23.7 Å². The van der Waals surface area contributed by atoms with E-state index in [-0.39, 0.29) is 5.91 Å². The quantitative estimate of drug-likeness (QED) is 0.725. The van der Waals surface area contributed by atoms with Gasteiger partial charge in [0.2, 0.25) is 5.91 Å². The molecule has 2 N–H and O–H groups in total. The summed E-state index contributed by atoms with van der Waals surface area (Å²) in [7, 11) is 0. The van der Waals surface area contributed by atoms with Crippen LogP contribution in [-0.4, -0.2) is 11.9 Å². The number of anilines is 2. The van der Waals surface area contributed by atoms with E-state index in [2.05, 4.69) is 31.4 Å². The summed E-state index contributed by atoms with van der Waals surface area (Å²) in [5, 5.41) is 6.44. The van der Waals surface area contributed by atoms with Crippen molar-refractivity contribution in [3.05, 3.63) is 24.3 Å². The molecule has 0 saturated carbocycles. The molecule has 1 aromatic carbocycles. The number of amides is 1. The third-order valence-electron chi connectivity index (χ3n) is 3.74. The fourth-order valence-corrected chi connectivity index (χ4v) is 2.11. The topological polar surface area (TPSA) is 41.1 Å². The van der Waals surface area contributed by atoms with Gasteiger partial charge in [-0.2, -0.15) is 0 Å². The minimum atomic E-state index is 0.0499. The normalized spacial score (nSPS) is 13.6. The Morgan fingerprint density at radius 2 is 1.65 bits per heavy atom. The Kier molecular flexibility index (Phi) is 7.13. The highest BCUT2D eigenvalue weighted by molar-refractivity contribution is 5.90. The van der Waals surface area contributed by atoms with E-state index >= 15 is 0 Å². The Balaban J connectivity index is 2.57. The molecule has 1 aromatic rings. The number of benzene rings is 1. The Labute approximate surface area is 123 Å². The third-order valence-corrected chi connectivity index (χ3v) is 3.74. The zero-order valence-electron chi connectivity index (χ0n) is 13.2. The van der Waals surface area contributed by atoms with Crippen molar-refractivity contribution < 1.29 is 4.79 Å². The number of carbonyl (C=O) groups excluding carboxylic acids is 1. The van der Waals surface area contributed by atoms with Crippen LogP contribution in [0.1, 0.15) is 53.4 Å². The highest BCUT2D eigenvalue weighted by Gasteiger charge is 2.10. The molecule has 0 saturated heterocycles. The molecular weight excluding hydrogens is 248 g/mol. The largest absolute Gasteiger partial charge is 0.382 e. The van der Waals surface area contributed by atoms with Crippen molar-refractivity contribution in [2.24, 2.45) is 5.92 Å². The summed E-state index contributed by atoms with van der Waals surface area (Å²) in [6.07, 6.45) is 4.05. The highest BCUT2D eigenvalue weighted by Crippen LogP contribution is 2.19. The van der Waals surface area contributed by atoms with E-state index in [1.54, 1.807) is 0 Å². The van der Waals surface area contributed by atoms with E-state index in [4.69, 9.17) is 0 Å². The molecule has 1 amide bonds. The summed E-state index contributed by atoms with van der Waals surface area (Å²) < 4.78 is 0. The summed E-state index contributed by atoms with van der Waals surface area (Å²) in [6.45, 7) is 8.61. The highest BCUT2D eigenvalue weighted by atomic mass is 16.1. The monoisotopic (exact) mass is 276 g/mol. The second-order valence-corrected chi connectivity index (χ2v) is 5.48. The predicted molar refractivity (Wildman–Crippen MR) is 87.1 cm³/mol. The standard InChI is InChI=1S/C17H28N2O/c1-5-13(4)12-14(6-2)18-15-8-10-16(11-9-15)19-17(20)7-3/h8-11,13-14,18H,5-7,12H2,1-4H3,(H,19,20). The van der Waals surface area contributed by atoms with Crippen LogP contribution in [-0.2, 0) is 4.79 Å². The fourth-order valence-electron chi connectivity index (χ4n) is 2.11. The lowest BCUT2D eigenvalue weighted by Crippen LogP contribution is -2.21. The molecule has 0 heterocycles. The van der Waals surface area contributed by atoms with E-state index in [1.165, 1.54) is 12.8 Å². The van der Waals surface area contributed by atoms with E-state index in [1.807, 2.05) is 31.2 Å². The maximum absolute atomic E-state index is 11.3. The van der Waals surface area contributed by atoms with Crippen molar-refractivity contribution in [1.82, 2.24) is 0 Å². The maximum Gasteiger partial charge on any atom is 0.224 e. The van der Waals surface area contributed by atoms with E-state index in [9.17, 15) is 4.79 Å². The lowest BCUT2D eigenvalue weighted by atomic mass is 9.97. The number of carbonyl (C=O) groups is 1. The average molecular weight is 276 g/mol. The first kappa shape index (κ1) is 16.5. The van der Waals surface area contributed by atoms with Gasteiger partial charge < -0.3 is 10.6 Å².